The lowest BCUT2D eigenvalue weighted by molar-refractivity contribution is 0.0514. The summed E-state index contributed by atoms with van der Waals surface area (Å²) in [4.78, 5) is 17.3. The fraction of sp³-hybridized carbons (Fsp3) is 0.435. The third kappa shape index (κ3) is 4.36. The third-order valence-electron chi connectivity index (χ3n) is 6.16. The van der Waals surface area contributed by atoms with Crippen molar-refractivity contribution in [1.29, 1.82) is 0 Å². The van der Waals surface area contributed by atoms with E-state index < -0.39 is 0 Å². The number of rotatable bonds is 3. The molecule has 0 aromatic heterocycles. The molecule has 1 aliphatic carbocycles. The predicted octanol–water partition coefficient (Wildman–Crippen LogP) is 4.82. The molecule has 2 fully saturated rings. The van der Waals surface area contributed by atoms with Crippen LogP contribution in [0, 0.1) is 0 Å². The summed E-state index contributed by atoms with van der Waals surface area (Å²) < 4.78 is 0. The number of carbonyl (C=O) groups is 1. The molecule has 0 atom stereocenters. The van der Waals surface area contributed by atoms with Crippen LogP contribution >= 0.6 is 11.6 Å². The predicted molar refractivity (Wildman–Crippen MR) is 110 cm³/mol. The highest BCUT2D eigenvalue weighted by molar-refractivity contribution is 6.30. The number of hydrogen-bond donors (Lipinski definition) is 0. The first kappa shape index (κ1) is 18.5. The molecule has 0 N–H and O–H groups in total. The summed E-state index contributed by atoms with van der Waals surface area (Å²) in [5, 5.41) is 0.620. The Balaban J connectivity index is 1.28. The molecule has 1 heterocycles. The van der Waals surface area contributed by atoms with Crippen molar-refractivity contribution in [3.8, 4) is 0 Å². The van der Waals surface area contributed by atoms with Gasteiger partial charge < -0.3 is 4.90 Å². The fourth-order valence-electron chi connectivity index (χ4n) is 4.59. The zero-order valence-electron chi connectivity index (χ0n) is 15.7. The second kappa shape index (κ2) is 8.45. The van der Waals surface area contributed by atoms with E-state index in [0.29, 0.717) is 22.5 Å². The molecule has 1 saturated carbocycles. The molecule has 1 amide bonds. The maximum atomic E-state index is 12.7. The molecule has 0 radical (unpaired) electrons. The van der Waals surface area contributed by atoms with E-state index in [0.717, 1.165) is 26.2 Å². The van der Waals surface area contributed by atoms with E-state index in [1.165, 1.54) is 31.2 Å². The molecule has 0 bridgehead atoms. The van der Waals surface area contributed by atoms with Crippen LogP contribution in [0.4, 0.5) is 0 Å². The van der Waals surface area contributed by atoms with Crippen LogP contribution in [0.2, 0.25) is 5.02 Å². The minimum Gasteiger partial charge on any atom is -0.336 e. The van der Waals surface area contributed by atoms with E-state index in [9.17, 15) is 4.79 Å². The van der Waals surface area contributed by atoms with Crippen molar-refractivity contribution >= 4 is 17.5 Å². The Hall–Kier alpha value is -1.84. The third-order valence-corrected chi connectivity index (χ3v) is 6.39. The Morgan fingerprint density at radius 2 is 1.56 bits per heavy atom. The summed E-state index contributed by atoms with van der Waals surface area (Å²) in [6, 6.07) is 18.9. The lowest BCUT2D eigenvalue weighted by Crippen LogP contribution is -2.52. The highest BCUT2D eigenvalue weighted by Gasteiger charge is 2.30. The molecule has 0 unspecified atom stereocenters. The maximum Gasteiger partial charge on any atom is 0.253 e. The molecule has 2 aromatic rings. The molecule has 4 rings (SSSR count). The van der Waals surface area contributed by atoms with Crippen molar-refractivity contribution in [3.63, 3.8) is 0 Å². The first-order valence-corrected chi connectivity index (χ1v) is 10.4. The van der Waals surface area contributed by atoms with E-state index in [4.69, 9.17) is 11.6 Å². The van der Waals surface area contributed by atoms with Gasteiger partial charge in [-0.1, -0.05) is 48.0 Å². The molecular weight excluding hydrogens is 356 g/mol. The normalized spacial score (nSPS) is 24.0. The van der Waals surface area contributed by atoms with Crippen molar-refractivity contribution in [3.05, 3.63) is 70.7 Å². The summed E-state index contributed by atoms with van der Waals surface area (Å²) in [6.45, 7) is 3.58. The summed E-state index contributed by atoms with van der Waals surface area (Å²) in [5.74, 6) is 0.818. The number of carbonyl (C=O) groups excluding carboxylic acids is 1. The standard InChI is InChI=1S/C23H27ClN2O/c24-21-8-4-7-20(17-21)23(27)26-15-13-25(14-16-26)22-11-9-19(10-12-22)18-5-2-1-3-6-18/h1-8,17,19,22H,9-16H2. The quantitative estimate of drug-likeness (QED) is 0.759. The highest BCUT2D eigenvalue weighted by atomic mass is 35.5. The molecule has 0 spiro atoms. The number of nitrogens with zero attached hydrogens (tertiary/aromatic N) is 2. The number of amides is 1. The van der Waals surface area contributed by atoms with Gasteiger partial charge in [0.25, 0.3) is 5.91 Å². The fourth-order valence-corrected chi connectivity index (χ4v) is 4.78. The monoisotopic (exact) mass is 382 g/mol. The Morgan fingerprint density at radius 3 is 2.22 bits per heavy atom. The van der Waals surface area contributed by atoms with Crippen LogP contribution in [0.25, 0.3) is 0 Å². The van der Waals surface area contributed by atoms with Crippen LogP contribution in [-0.4, -0.2) is 47.9 Å². The SMILES string of the molecule is O=C(c1cccc(Cl)c1)N1CCN(C2CCC(c3ccccc3)CC2)CC1. The summed E-state index contributed by atoms with van der Waals surface area (Å²) in [5.41, 5.74) is 2.19. The van der Waals surface area contributed by atoms with Gasteiger partial charge in [0.15, 0.2) is 0 Å². The summed E-state index contributed by atoms with van der Waals surface area (Å²) >= 11 is 6.03. The summed E-state index contributed by atoms with van der Waals surface area (Å²) in [7, 11) is 0. The molecule has 2 aliphatic rings. The van der Waals surface area contributed by atoms with Crippen LogP contribution in [-0.2, 0) is 0 Å². The van der Waals surface area contributed by atoms with Gasteiger partial charge in [-0.2, -0.15) is 0 Å². The van der Waals surface area contributed by atoms with Gasteiger partial charge in [-0.05, 0) is 55.4 Å². The van der Waals surface area contributed by atoms with Gasteiger partial charge in [-0.25, -0.2) is 0 Å². The van der Waals surface area contributed by atoms with Gasteiger partial charge in [0.2, 0.25) is 0 Å². The minimum atomic E-state index is 0.102. The zero-order valence-corrected chi connectivity index (χ0v) is 16.4. The van der Waals surface area contributed by atoms with Crippen LogP contribution in [0.1, 0.15) is 47.5 Å². The minimum absolute atomic E-state index is 0.102. The zero-order chi connectivity index (χ0) is 18.6. The van der Waals surface area contributed by atoms with Gasteiger partial charge in [-0.15, -0.1) is 0 Å². The van der Waals surface area contributed by atoms with Crippen molar-refractivity contribution in [2.75, 3.05) is 26.2 Å². The van der Waals surface area contributed by atoms with E-state index >= 15 is 0 Å². The van der Waals surface area contributed by atoms with Gasteiger partial charge in [0, 0.05) is 42.8 Å². The molecule has 142 valence electrons. The van der Waals surface area contributed by atoms with E-state index in [2.05, 4.69) is 35.2 Å². The number of piperazine rings is 1. The van der Waals surface area contributed by atoms with Gasteiger partial charge in [0.1, 0.15) is 0 Å². The first-order valence-electron chi connectivity index (χ1n) is 10.0. The maximum absolute atomic E-state index is 12.7. The molecule has 2 aromatic carbocycles. The van der Waals surface area contributed by atoms with Crippen molar-refractivity contribution in [1.82, 2.24) is 9.80 Å². The van der Waals surface area contributed by atoms with Gasteiger partial charge in [-0.3, -0.25) is 9.69 Å². The van der Waals surface area contributed by atoms with Crippen LogP contribution in [0.5, 0.6) is 0 Å². The Kier molecular flexibility index (Phi) is 5.80. The van der Waals surface area contributed by atoms with Crippen LogP contribution in [0.3, 0.4) is 0 Å². The van der Waals surface area contributed by atoms with Crippen LogP contribution < -0.4 is 0 Å². The molecule has 1 aliphatic heterocycles. The van der Waals surface area contributed by atoms with E-state index in [1.54, 1.807) is 6.07 Å². The Bertz CT molecular complexity index is 763. The van der Waals surface area contributed by atoms with Crippen LogP contribution in [0.15, 0.2) is 54.6 Å². The van der Waals surface area contributed by atoms with Crippen molar-refractivity contribution in [2.24, 2.45) is 0 Å². The average molecular weight is 383 g/mol. The first-order chi connectivity index (χ1) is 13.2. The smallest absolute Gasteiger partial charge is 0.253 e. The second-order valence-corrected chi connectivity index (χ2v) is 8.19. The molecule has 27 heavy (non-hydrogen) atoms. The van der Waals surface area contributed by atoms with Crippen molar-refractivity contribution < 1.29 is 4.79 Å². The molecular formula is C23H27ClN2O. The highest BCUT2D eigenvalue weighted by Crippen LogP contribution is 2.35. The number of halogens is 1. The topological polar surface area (TPSA) is 23.6 Å². The van der Waals surface area contributed by atoms with Gasteiger partial charge in [0.05, 0.1) is 0 Å². The lowest BCUT2D eigenvalue weighted by atomic mass is 9.81. The Morgan fingerprint density at radius 1 is 0.852 bits per heavy atom. The number of benzene rings is 2. The average Bonchev–Trinajstić information content (AvgIpc) is 2.74. The van der Waals surface area contributed by atoms with E-state index in [1.807, 2.05) is 23.1 Å². The molecule has 1 saturated heterocycles. The lowest BCUT2D eigenvalue weighted by Gasteiger charge is -2.42. The molecule has 4 heteroatoms. The largest absolute Gasteiger partial charge is 0.336 e. The second-order valence-electron chi connectivity index (χ2n) is 7.75. The van der Waals surface area contributed by atoms with E-state index in [-0.39, 0.29) is 5.91 Å². The molecule has 3 nitrogen and oxygen atoms in total. The number of hydrogen-bond acceptors (Lipinski definition) is 2. The Labute approximate surface area is 166 Å². The van der Waals surface area contributed by atoms with Crippen molar-refractivity contribution in [2.45, 2.75) is 37.6 Å². The van der Waals surface area contributed by atoms with Gasteiger partial charge >= 0.3 is 0 Å². The summed E-state index contributed by atoms with van der Waals surface area (Å²) in [6.07, 6.45) is 5.08.